The van der Waals surface area contributed by atoms with Crippen molar-refractivity contribution in [1.82, 2.24) is 10.6 Å². The first-order chi connectivity index (χ1) is 13.9. The van der Waals surface area contributed by atoms with E-state index in [1.54, 1.807) is 30.3 Å². The lowest BCUT2D eigenvalue weighted by atomic mass is 10.1. The smallest absolute Gasteiger partial charge is 0.343 e. The average molecular weight is 414 g/mol. The predicted molar refractivity (Wildman–Crippen MR) is 109 cm³/mol. The number of hydrogen-bond acceptors (Lipinski definition) is 7. The van der Waals surface area contributed by atoms with Crippen LogP contribution in [-0.2, 0) is 4.79 Å². The van der Waals surface area contributed by atoms with Gasteiger partial charge < -0.3 is 24.3 Å². The third-order valence-electron chi connectivity index (χ3n) is 4.02. The lowest BCUT2D eigenvalue weighted by Gasteiger charge is -2.13. The zero-order valence-electron chi connectivity index (χ0n) is 15.9. The fourth-order valence-corrected chi connectivity index (χ4v) is 2.85. The summed E-state index contributed by atoms with van der Waals surface area (Å²) in [6.07, 6.45) is 1.64. The maximum Gasteiger partial charge on any atom is 0.343 e. The third-order valence-corrected chi connectivity index (χ3v) is 4.23. The Labute approximate surface area is 172 Å². The van der Waals surface area contributed by atoms with Crippen LogP contribution in [0.25, 0.3) is 6.08 Å². The lowest BCUT2D eigenvalue weighted by Crippen LogP contribution is -2.21. The first-order valence-electron chi connectivity index (χ1n) is 8.41. The van der Waals surface area contributed by atoms with Crippen molar-refractivity contribution in [1.29, 1.82) is 0 Å². The molecule has 1 saturated heterocycles. The normalized spacial score (nSPS) is 14.2. The second-order valence-electron chi connectivity index (χ2n) is 5.84. The Hall–Kier alpha value is -3.59. The topological polar surface area (TPSA) is 95.1 Å². The van der Waals surface area contributed by atoms with E-state index >= 15 is 0 Å². The van der Waals surface area contributed by atoms with Crippen molar-refractivity contribution in [2.45, 2.75) is 0 Å². The largest absolute Gasteiger partial charge is 0.493 e. The zero-order valence-corrected chi connectivity index (χ0v) is 16.7. The van der Waals surface area contributed by atoms with E-state index in [4.69, 9.17) is 31.2 Å². The highest BCUT2D eigenvalue weighted by atomic mass is 32.1. The molecule has 0 atom stereocenters. The van der Waals surface area contributed by atoms with Crippen LogP contribution >= 0.6 is 12.2 Å². The van der Waals surface area contributed by atoms with Gasteiger partial charge in [0.05, 0.1) is 26.9 Å². The van der Waals surface area contributed by atoms with E-state index in [1.807, 2.05) is 0 Å². The Kier molecular flexibility index (Phi) is 5.99. The number of amides is 1. The molecule has 29 heavy (non-hydrogen) atoms. The third kappa shape index (κ3) is 4.46. The second kappa shape index (κ2) is 8.61. The lowest BCUT2D eigenvalue weighted by molar-refractivity contribution is -0.115. The van der Waals surface area contributed by atoms with Crippen LogP contribution in [0.5, 0.6) is 23.0 Å². The monoisotopic (exact) mass is 414 g/mol. The van der Waals surface area contributed by atoms with Crippen molar-refractivity contribution in [2.24, 2.45) is 0 Å². The van der Waals surface area contributed by atoms with E-state index < -0.39 is 5.97 Å². The zero-order chi connectivity index (χ0) is 21.0. The van der Waals surface area contributed by atoms with Crippen LogP contribution < -0.4 is 29.6 Å². The van der Waals surface area contributed by atoms with Gasteiger partial charge in [-0.3, -0.25) is 10.1 Å². The molecule has 1 fully saturated rings. The second-order valence-corrected chi connectivity index (χ2v) is 6.25. The van der Waals surface area contributed by atoms with E-state index in [1.165, 1.54) is 33.5 Å². The van der Waals surface area contributed by atoms with Gasteiger partial charge in [-0.05, 0) is 48.1 Å². The van der Waals surface area contributed by atoms with Gasteiger partial charge in [-0.1, -0.05) is 12.1 Å². The van der Waals surface area contributed by atoms with Crippen LogP contribution in [0.4, 0.5) is 0 Å². The van der Waals surface area contributed by atoms with Crippen LogP contribution in [0.3, 0.4) is 0 Å². The van der Waals surface area contributed by atoms with Gasteiger partial charge in [0.15, 0.2) is 16.6 Å². The minimum absolute atomic E-state index is 0.242. The fourth-order valence-electron chi connectivity index (χ4n) is 2.65. The summed E-state index contributed by atoms with van der Waals surface area (Å²) in [7, 11) is 4.41. The molecule has 0 aliphatic carbocycles. The van der Waals surface area contributed by atoms with E-state index in [-0.39, 0.29) is 16.6 Å². The number of carbonyl (C=O) groups excluding carboxylic acids is 2. The Bertz CT molecular complexity index is 976. The van der Waals surface area contributed by atoms with E-state index in [0.717, 1.165) is 5.56 Å². The molecule has 8 nitrogen and oxygen atoms in total. The minimum atomic E-state index is -0.586. The molecule has 0 aromatic heterocycles. The van der Waals surface area contributed by atoms with E-state index in [0.29, 0.717) is 28.7 Å². The number of benzene rings is 2. The molecule has 150 valence electrons. The van der Waals surface area contributed by atoms with Crippen LogP contribution in [-0.4, -0.2) is 38.3 Å². The van der Waals surface area contributed by atoms with Crippen molar-refractivity contribution in [3.63, 3.8) is 0 Å². The maximum atomic E-state index is 12.5. The van der Waals surface area contributed by atoms with Crippen molar-refractivity contribution in [3.05, 3.63) is 53.2 Å². The number of nitrogens with one attached hydrogen (secondary N) is 2. The maximum absolute atomic E-state index is 12.5. The molecule has 3 rings (SSSR count). The summed E-state index contributed by atoms with van der Waals surface area (Å²) >= 11 is 4.89. The SMILES string of the molecule is COc1cc(C(=O)Oc2ccc(/C=C3\NC(=S)NC3=O)cc2)cc(OC)c1OC. The van der Waals surface area contributed by atoms with Gasteiger partial charge in [0.2, 0.25) is 5.75 Å². The number of rotatable bonds is 6. The molecule has 1 heterocycles. The minimum Gasteiger partial charge on any atom is -0.493 e. The Morgan fingerprint density at radius 2 is 1.59 bits per heavy atom. The molecule has 0 radical (unpaired) electrons. The van der Waals surface area contributed by atoms with Crippen LogP contribution in [0.2, 0.25) is 0 Å². The molecule has 2 N–H and O–H groups in total. The molecular weight excluding hydrogens is 396 g/mol. The van der Waals surface area contributed by atoms with Crippen LogP contribution in [0.15, 0.2) is 42.1 Å². The highest BCUT2D eigenvalue weighted by Gasteiger charge is 2.20. The number of carbonyl (C=O) groups is 2. The van der Waals surface area contributed by atoms with Crippen molar-refractivity contribution in [3.8, 4) is 23.0 Å². The summed E-state index contributed by atoms with van der Waals surface area (Å²) < 4.78 is 21.1. The Balaban J connectivity index is 1.77. The molecule has 0 saturated carbocycles. The van der Waals surface area contributed by atoms with Gasteiger partial charge in [-0.25, -0.2) is 4.79 Å². The number of thiocarbonyl (C=S) groups is 1. The van der Waals surface area contributed by atoms with Gasteiger partial charge in [0, 0.05) is 0 Å². The summed E-state index contributed by atoms with van der Waals surface area (Å²) in [5, 5.41) is 5.51. The first kappa shape index (κ1) is 20.2. The molecule has 1 aliphatic heterocycles. The Morgan fingerprint density at radius 1 is 0.966 bits per heavy atom. The van der Waals surface area contributed by atoms with Gasteiger partial charge in [-0.2, -0.15) is 0 Å². The molecule has 9 heteroatoms. The summed E-state index contributed by atoms with van der Waals surface area (Å²) in [6.45, 7) is 0. The summed E-state index contributed by atoms with van der Waals surface area (Å²) in [4.78, 5) is 24.2. The highest BCUT2D eigenvalue weighted by molar-refractivity contribution is 7.80. The molecule has 0 unspecified atom stereocenters. The van der Waals surface area contributed by atoms with Gasteiger partial charge in [0.1, 0.15) is 11.4 Å². The Morgan fingerprint density at radius 3 is 2.07 bits per heavy atom. The highest BCUT2D eigenvalue weighted by Crippen LogP contribution is 2.38. The van der Waals surface area contributed by atoms with Crippen molar-refractivity contribution >= 4 is 35.3 Å². The number of ether oxygens (including phenoxy) is 4. The van der Waals surface area contributed by atoms with Gasteiger partial charge >= 0.3 is 5.97 Å². The molecule has 2 aromatic carbocycles. The van der Waals surface area contributed by atoms with Gasteiger partial charge in [0.25, 0.3) is 5.91 Å². The quantitative estimate of drug-likeness (QED) is 0.322. The molecule has 2 aromatic rings. The number of esters is 1. The van der Waals surface area contributed by atoms with Crippen molar-refractivity contribution < 1.29 is 28.5 Å². The van der Waals surface area contributed by atoms with Gasteiger partial charge in [-0.15, -0.1) is 0 Å². The fraction of sp³-hybridized carbons (Fsp3) is 0.150. The summed E-state index contributed by atoms with van der Waals surface area (Å²) in [6, 6.07) is 9.68. The molecule has 0 bridgehead atoms. The summed E-state index contributed by atoms with van der Waals surface area (Å²) in [5.41, 5.74) is 1.32. The molecule has 1 aliphatic rings. The van der Waals surface area contributed by atoms with E-state index in [2.05, 4.69) is 10.6 Å². The number of methoxy groups -OCH3 is 3. The molecule has 0 spiro atoms. The van der Waals surface area contributed by atoms with E-state index in [9.17, 15) is 9.59 Å². The first-order valence-corrected chi connectivity index (χ1v) is 8.82. The van der Waals surface area contributed by atoms with Crippen LogP contribution in [0.1, 0.15) is 15.9 Å². The molecule has 1 amide bonds. The summed E-state index contributed by atoms with van der Waals surface area (Å²) in [5.74, 6) is 0.533. The average Bonchev–Trinajstić information content (AvgIpc) is 3.04. The number of hydrogen-bond donors (Lipinski definition) is 2. The standard InChI is InChI=1S/C20H18N2O6S/c1-25-15-9-12(10-16(26-2)17(15)27-3)19(24)28-13-6-4-11(5-7-13)8-14-18(23)22-20(29)21-14/h4-10H,1-3H3,(H2,21,22,23,29)/b14-8-. The van der Waals surface area contributed by atoms with Crippen molar-refractivity contribution in [2.75, 3.05) is 21.3 Å². The van der Waals surface area contributed by atoms with Crippen LogP contribution in [0, 0.1) is 0 Å². The molecular formula is C20H18N2O6S. The predicted octanol–water partition coefficient (Wildman–Crippen LogP) is 2.28.